The Morgan fingerprint density at radius 2 is 2.05 bits per heavy atom. The fourth-order valence-corrected chi connectivity index (χ4v) is 1.41. The molecule has 0 radical (unpaired) electrons. The zero-order valence-electron chi connectivity index (χ0n) is 12.0. The molecular formula is C14H21N3O3. The Morgan fingerprint density at radius 3 is 2.65 bits per heavy atom. The number of carbonyl (C=O) groups excluding carboxylic acids is 2. The van der Waals surface area contributed by atoms with E-state index in [0.29, 0.717) is 11.4 Å². The van der Waals surface area contributed by atoms with Gasteiger partial charge in [-0.1, -0.05) is 19.9 Å². The SMILES string of the molecule is CNC(=O)COc1cccc(NC(=O)C(N)C(C)C)c1. The molecule has 0 aromatic heterocycles. The summed E-state index contributed by atoms with van der Waals surface area (Å²) in [5, 5.41) is 5.18. The van der Waals surface area contributed by atoms with Crippen LogP contribution in [-0.2, 0) is 9.59 Å². The smallest absolute Gasteiger partial charge is 0.257 e. The Bertz CT molecular complexity index is 474. The molecule has 1 unspecified atom stereocenters. The highest BCUT2D eigenvalue weighted by atomic mass is 16.5. The quantitative estimate of drug-likeness (QED) is 0.715. The van der Waals surface area contributed by atoms with E-state index < -0.39 is 6.04 Å². The number of hydrogen-bond acceptors (Lipinski definition) is 4. The molecule has 110 valence electrons. The van der Waals surface area contributed by atoms with E-state index in [0.717, 1.165) is 0 Å². The maximum atomic E-state index is 11.8. The number of carbonyl (C=O) groups is 2. The lowest BCUT2D eigenvalue weighted by molar-refractivity contribution is -0.122. The van der Waals surface area contributed by atoms with Crippen molar-refractivity contribution in [2.24, 2.45) is 11.7 Å². The lowest BCUT2D eigenvalue weighted by Gasteiger charge is -2.15. The van der Waals surface area contributed by atoms with Crippen molar-refractivity contribution in [2.75, 3.05) is 19.0 Å². The molecule has 6 nitrogen and oxygen atoms in total. The van der Waals surface area contributed by atoms with Gasteiger partial charge in [-0.05, 0) is 18.1 Å². The van der Waals surface area contributed by atoms with Gasteiger partial charge in [0, 0.05) is 18.8 Å². The zero-order chi connectivity index (χ0) is 15.1. The summed E-state index contributed by atoms with van der Waals surface area (Å²) in [6.45, 7) is 3.69. The molecule has 1 aromatic carbocycles. The molecule has 0 spiro atoms. The van der Waals surface area contributed by atoms with Gasteiger partial charge in [-0.25, -0.2) is 0 Å². The molecule has 4 N–H and O–H groups in total. The third kappa shape index (κ3) is 4.89. The van der Waals surface area contributed by atoms with Gasteiger partial charge in [-0.3, -0.25) is 9.59 Å². The minimum absolute atomic E-state index is 0.0580. The monoisotopic (exact) mass is 279 g/mol. The predicted octanol–water partition coefficient (Wildman–Crippen LogP) is 0.733. The van der Waals surface area contributed by atoms with Crippen molar-refractivity contribution in [3.63, 3.8) is 0 Å². The van der Waals surface area contributed by atoms with Gasteiger partial charge in [0.1, 0.15) is 5.75 Å². The van der Waals surface area contributed by atoms with Crippen LogP contribution in [0, 0.1) is 5.92 Å². The van der Waals surface area contributed by atoms with Crippen LogP contribution in [0.3, 0.4) is 0 Å². The van der Waals surface area contributed by atoms with Crippen LogP contribution in [0.5, 0.6) is 5.75 Å². The van der Waals surface area contributed by atoms with Gasteiger partial charge in [0.05, 0.1) is 6.04 Å². The van der Waals surface area contributed by atoms with E-state index in [1.165, 1.54) is 7.05 Å². The molecule has 20 heavy (non-hydrogen) atoms. The van der Waals surface area contributed by atoms with Gasteiger partial charge in [-0.2, -0.15) is 0 Å². The Hall–Kier alpha value is -2.08. The molecule has 0 aliphatic heterocycles. The van der Waals surface area contributed by atoms with Crippen LogP contribution in [0.4, 0.5) is 5.69 Å². The van der Waals surface area contributed by atoms with Crippen molar-refractivity contribution >= 4 is 17.5 Å². The number of hydrogen-bond donors (Lipinski definition) is 3. The topological polar surface area (TPSA) is 93.5 Å². The minimum atomic E-state index is -0.564. The number of nitrogens with two attached hydrogens (primary N) is 1. The fraction of sp³-hybridized carbons (Fsp3) is 0.429. The number of nitrogens with one attached hydrogen (secondary N) is 2. The minimum Gasteiger partial charge on any atom is -0.484 e. The molecule has 6 heteroatoms. The molecule has 0 saturated heterocycles. The van der Waals surface area contributed by atoms with E-state index in [2.05, 4.69) is 10.6 Å². The maximum Gasteiger partial charge on any atom is 0.257 e. The summed E-state index contributed by atoms with van der Waals surface area (Å²) < 4.78 is 5.29. The molecule has 1 aromatic rings. The molecule has 0 saturated carbocycles. The molecule has 0 aliphatic rings. The first kappa shape index (κ1) is 16.0. The zero-order valence-corrected chi connectivity index (χ0v) is 12.0. The lowest BCUT2D eigenvalue weighted by Crippen LogP contribution is -2.39. The lowest BCUT2D eigenvalue weighted by atomic mass is 10.0. The average molecular weight is 279 g/mol. The molecule has 0 fully saturated rings. The van der Waals surface area contributed by atoms with E-state index in [-0.39, 0.29) is 24.3 Å². The third-order valence-electron chi connectivity index (χ3n) is 2.77. The first-order valence-electron chi connectivity index (χ1n) is 6.44. The molecular weight excluding hydrogens is 258 g/mol. The highest BCUT2D eigenvalue weighted by Crippen LogP contribution is 2.17. The van der Waals surface area contributed by atoms with Crippen molar-refractivity contribution in [2.45, 2.75) is 19.9 Å². The summed E-state index contributed by atoms with van der Waals surface area (Å²) in [5.74, 6) is 0.0944. The van der Waals surface area contributed by atoms with E-state index in [4.69, 9.17) is 10.5 Å². The Balaban J connectivity index is 2.64. The van der Waals surface area contributed by atoms with E-state index >= 15 is 0 Å². The number of amides is 2. The van der Waals surface area contributed by atoms with Crippen LogP contribution >= 0.6 is 0 Å². The van der Waals surface area contributed by atoms with Crippen LogP contribution < -0.4 is 21.1 Å². The number of likely N-dealkylation sites (N-methyl/N-ethyl adjacent to an activating group) is 1. The van der Waals surface area contributed by atoms with Crippen molar-refractivity contribution in [3.05, 3.63) is 24.3 Å². The second kappa shape index (κ2) is 7.49. The first-order valence-corrected chi connectivity index (χ1v) is 6.44. The normalized spacial score (nSPS) is 11.8. The van der Waals surface area contributed by atoms with Gasteiger partial charge in [0.15, 0.2) is 6.61 Å². The number of anilines is 1. The van der Waals surface area contributed by atoms with Gasteiger partial charge in [-0.15, -0.1) is 0 Å². The molecule has 1 atom stereocenters. The fourth-order valence-electron chi connectivity index (χ4n) is 1.41. The second-order valence-corrected chi connectivity index (χ2v) is 4.75. The van der Waals surface area contributed by atoms with Crippen LogP contribution in [0.1, 0.15) is 13.8 Å². The number of rotatable bonds is 6. The molecule has 0 bridgehead atoms. The largest absolute Gasteiger partial charge is 0.484 e. The highest BCUT2D eigenvalue weighted by molar-refractivity contribution is 5.95. The maximum absolute atomic E-state index is 11.8. The molecule has 1 rings (SSSR count). The van der Waals surface area contributed by atoms with Crippen molar-refractivity contribution in [1.29, 1.82) is 0 Å². The van der Waals surface area contributed by atoms with Crippen LogP contribution in [0.15, 0.2) is 24.3 Å². The Kier molecular flexibility index (Phi) is 5.99. The van der Waals surface area contributed by atoms with Gasteiger partial charge >= 0.3 is 0 Å². The molecule has 0 heterocycles. The van der Waals surface area contributed by atoms with Gasteiger partial charge in [0.2, 0.25) is 5.91 Å². The van der Waals surface area contributed by atoms with Crippen molar-refractivity contribution < 1.29 is 14.3 Å². The van der Waals surface area contributed by atoms with E-state index in [9.17, 15) is 9.59 Å². The van der Waals surface area contributed by atoms with Crippen molar-refractivity contribution in [3.8, 4) is 5.75 Å². The Labute approximate surface area is 118 Å². The van der Waals surface area contributed by atoms with E-state index in [1.807, 2.05) is 13.8 Å². The van der Waals surface area contributed by atoms with Gasteiger partial charge in [0.25, 0.3) is 5.91 Å². The summed E-state index contributed by atoms with van der Waals surface area (Å²) >= 11 is 0. The summed E-state index contributed by atoms with van der Waals surface area (Å²) in [6.07, 6.45) is 0. The van der Waals surface area contributed by atoms with Crippen LogP contribution in [0.25, 0.3) is 0 Å². The number of benzene rings is 1. The van der Waals surface area contributed by atoms with E-state index in [1.54, 1.807) is 24.3 Å². The summed E-state index contributed by atoms with van der Waals surface area (Å²) in [4.78, 5) is 22.9. The molecule has 2 amide bonds. The second-order valence-electron chi connectivity index (χ2n) is 4.75. The van der Waals surface area contributed by atoms with Crippen molar-refractivity contribution in [1.82, 2.24) is 5.32 Å². The average Bonchev–Trinajstić information content (AvgIpc) is 2.44. The molecule has 0 aliphatic carbocycles. The summed E-state index contributed by atoms with van der Waals surface area (Å²) in [7, 11) is 1.54. The predicted molar refractivity (Wildman–Crippen MR) is 77.4 cm³/mol. The van der Waals surface area contributed by atoms with Crippen LogP contribution in [-0.4, -0.2) is 31.5 Å². The standard InChI is InChI=1S/C14H21N3O3/c1-9(2)13(15)14(19)17-10-5-4-6-11(7-10)20-8-12(18)16-3/h4-7,9,13H,8,15H2,1-3H3,(H,16,18)(H,17,19). The highest BCUT2D eigenvalue weighted by Gasteiger charge is 2.17. The van der Waals surface area contributed by atoms with Crippen LogP contribution in [0.2, 0.25) is 0 Å². The first-order chi connectivity index (χ1) is 9.43. The third-order valence-corrected chi connectivity index (χ3v) is 2.77. The number of ether oxygens (including phenoxy) is 1. The summed E-state index contributed by atoms with van der Waals surface area (Å²) in [6, 6.07) is 6.26. The Morgan fingerprint density at radius 1 is 1.35 bits per heavy atom. The van der Waals surface area contributed by atoms with Gasteiger partial charge < -0.3 is 21.1 Å². The summed E-state index contributed by atoms with van der Waals surface area (Å²) in [5.41, 5.74) is 6.35.